The summed E-state index contributed by atoms with van der Waals surface area (Å²) >= 11 is 0. The molecule has 39 heteroatoms. The van der Waals surface area contributed by atoms with Crippen LogP contribution in [0.1, 0.15) is 185 Å². The number of piperidine rings is 3. The summed E-state index contributed by atoms with van der Waals surface area (Å²) in [6.07, 6.45) is 8.91. The number of aliphatic hydroxyl groups is 1. The van der Waals surface area contributed by atoms with Gasteiger partial charge in [0.2, 0.25) is 35.4 Å². The third-order valence-corrected chi connectivity index (χ3v) is 27.6. The van der Waals surface area contributed by atoms with Crippen molar-refractivity contribution in [1.29, 1.82) is 0 Å². The molecule has 5 atom stereocenters. The number of aryl methyl sites for hydroxylation is 1. The van der Waals surface area contributed by atoms with E-state index in [9.17, 15) is 74.7 Å². The molecule has 736 valence electrons. The summed E-state index contributed by atoms with van der Waals surface area (Å²) in [4.78, 5) is 180. The predicted octanol–water partition coefficient (Wildman–Crippen LogP) is 9.73. The van der Waals surface area contributed by atoms with Crippen molar-refractivity contribution in [3.05, 3.63) is 279 Å². The van der Waals surface area contributed by atoms with Crippen LogP contribution >= 0.6 is 10.7 Å². The second-order valence-electron chi connectivity index (χ2n) is 35.6. The van der Waals surface area contributed by atoms with Crippen molar-refractivity contribution in [3.8, 4) is 58.3 Å². The lowest BCUT2D eigenvalue weighted by atomic mass is 10.0. The number of fused-ring (bicyclic) bond motifs is 5. The van der Waals surface area contributed by atoms with Crippen LogP contribution in [0.4, 0.5) is 32.1 Å². The van der Waals surface area contributed by atoms with Crippen molar-refractivity contribution < 1.29 is 79.8 Å². The first-order valence-corrected chi connectivity index (χ1v) is 49.7. The smallest absolute Gasteiger partial charge is 0.262 e. The summed E-state index contributed by atoms with van der Waals surface area (Å²) in [5.41, 5.74) is 10.8. The van der Waals surface area contributed by atoms with Crippen molar-refractivity contribution >= 4 is 125 Å². The van der Waals surface area contributed by atoms with Crippen LogP contribution in [-0.4, -0.2) is 240 Å². The Labute approximate surface area is 835 Å². The zero-order valence-electron chi connectivity index (χ0n) is 78.6. The number of amides is 12. The third-order valence-electron chi connectivity index (χ3n) is 26.3. The van der Waals surface area contributed by atoms with Gasteiger partial charge in [0.05, 0.1) is 80.7 Å². The summed E-state index contributed by atoms with van der Waals surface area (Å²) in [5, 5.41) is 28.6. The monoisotopic (exact) mass is 1990 g/mol. The fourth-order valence-corrected chi connectivity index (χ4v) is 19.8. The second kappa shape index (κ2) is 43.2. The average Bonchev–Trinajstić information content (AvgIpc) is 1.61. The molecule has 6 aromatic heterocycles. The Morgan fingerprint density at radius 3 is 1.22 bits per heavy atom. The lowest BCUT2D eigenvalue weighted by Crippen LogP contribution is -2.54. The SMILES string of the molecule is CCC#Cc1ccc2c(c1)C(=O)N(C1CCC(=O)NC1=O)C2=O.Cc1ccc(S(=O)(=O)Cl)cc1.Fc1cccc([C@H]2CCCN2c2ccc3ncc(-c4cccc(N5CCNCC5)n4)n3n2)c1.O=C1CCC(N2C(=O)c3ccc(C#CCN4CCN(c5cccc(-c6cnc7ccc(N8CCC[C@@H]8c8cccc(F)c8)nn67)n5)CC4)cc3C2=O)C(=O)N1.O=C1CCC(N2C(=O)c3ccc(C#CCO)cc3C2=O)C(=O)N1. The number of anilines is 4. The van der Waals surface area contributed by atoms with E-state index < -0.39 is 92.2 Å². The van der Waals surface area contributed by atoms with E-state index in [0.717, 1.165) is 180 Å². The van der Waals surface area contributed by atoms with E-state index in [-0.39, 0.29) is 113 Å². The molecule has 5 N–H and O–H groups in total. The number of hydrogen-bond acceptors (Lipinski definition) is 27. The van der Waals surface area contributed by atoms with Gasteiger partial charge >= 0.3 is 0 Å². The van der Waals surface area contributed by atoms with E-state index in [1.54, 1.807) is 85.1 Å². The highest BCUT2D eigenvalue weighted by Gasteiger charge is 2.48. The first-order chi connectivity index (χ1) is 70.1. The lowest BCUT2D eigenvalue weighted by Gasteiger charge is -2.34. The molecule has 35 nitrogen and oxygen atoms in total. The van der Waals surface area contributed by atoms with Crippen LogP contribution in [-0.2, 0) is 37.8 Å². The number of rotatable bonds is 13. The molecule has 22 rings (SSSR count). The van der Waals surface area contributed by atoms with E-state index in [4.69, 9.17) is 36.0 Å². The van der Waals surface area contributed by atoms with Gasteiger partial charge in [-0.1, -0.05) is 96.5 Å². The van der Waals surface area contributed by atoms with Crippen molar-refractivity contribution in [2.24, 2.45) is 0 Å². The molecule has 0 bridgehead atoms. The molecule has 0 aliphatic carbocycles. The highest BCUT2D eigenvalue weighted by Crippen LogP contribution is 2.40. The van der Waals surface area contributed by atoms with E-state index >= 15 is 0 Å². The van der Waals surface area contributed by atoms with Crippen LogP contribution in [0.3, 0.4) is 0 Å². The van der Waals surface area contributed by atoms with E-state index in [2.05, 4.69) is 97.3 Å². The number of carbonyl (C=O) groups is 12. The minimum atomic E-state index is -3.55. The maximum Gasteiger partial charge on any atom is 0.262 e. The molecule has 10 aliphatic rings. The molecule has 12 aromatic rings. The number of aliphatic hydroxyl groups excluding tert-OH is 1. The van der Waals surface area contributed by atoms with Gasteiger partial charge in [-0.25, -0.2) is 46.2 Å². The molecule has 0 saturated carbocycles. The number of halogens is 3. The minimum absolute atomic E-state index is 0.0512. The molecule has 6 aromatic carbocycles. The summed E-state index contributed by atoms with van der Waals surface area (Å²) in [6, 6.07) is 51.6. The zero-order valence-corrected chi connectivity index (χ0v) is 80.1. The van der Waals surface area contributed by atoms with Crippen LogP contribution in [0.5, 0.6) is 0 Å². The molecule has 12 amide bonds. The highest BCUT2D eigenvalue weighted by atomic mass is 35.7. The van der Waals surface area contributed by atoms with Crippen LogP contribution in [0.25, 0.3) is 34.1 Å². The number of benzene rings is 6. The number of nitrogens with zero attached hydrogens (tertiary/aromatic N) is 16. The first-order valence-electron chi connectivity index (χ1n) is 47.4. The van der Waals surface area contributed by atoms with Gasteiger partial charge in [-0.15, -0.1) is 10.2 Å². The van der Waals surface area contributed by atoms with Crippen LogP contribution in [0, 0.1) is 54.1 Å². The topological polar surface area (TPSA) is 419 Å². The number of carbonyl (C=O) groups excluding carboxylic acids is 12. The second-order valence-corrected chi connectivity index (χ2v) is 38.1. The molecular weight excluding hydrogens is 1900 g/mol. The Bertz CT molecular complexity index is 7450. The molecule has 7 fully saturated rings. The maximum absolute atomic E-state index is 14.1. The summed E-state index contributed by atoms with van der Waals surface area (Å²) in [5.74, 6) is 14.0. The molecule has 16 heterocycles. The van der Waals surface area contributed by atoms with Gasteiger partial charge in [-0.3, -0.25) is 93.1 Å². The van der Waals surface area contributed by atoms with Crippen molar-refractivity contribution in [3.63, 3.8) is 0 Å². The van der Waals surface area contributed by atoms with Gasteiger partial charge in [-0.2, -0.15) is 0 Å². The largest absolute Gasteiger partial charge is 0.384 e. The molecule has 7 saturated heterocycles. The molecule has 0 spiro atoms. The molecule has 0 radical (unpaired) electrons. The first kappa shape index (κ1) is 98.7. The number of hydrogen-bond donors (Lipinski definition) is 5. The van der Waals surface area contributed by atoms with E-state index in [1.165, 1.54) is 36.4 Å². The van der Waals surface area contributed by atoms with Crippen molar-refractivity contribution in [2.45, 2.75) is 120 Å². The summed E-state index contributed by atoms with van der Waals surface area (Å²) in [7, 11) is 1.54. The number of imide groups is 6. The highest BCUT2D eigenvalue weighted by molar-refractivity contribution is 8.13. The molecule has 10 aliphatic heterocycles. The average molecular weight is 1990 g/mol. The van der Waals surface area contributed by atoms with Gasteiger partial charge in [-0.05, 0) is 203 Å². The fourth-order valence-electron chi connectivity index (χ4n) is 19.0. The third kappa shape index (κ3) is 21.5. The van der Waals surface area contributed by atoms with Gasteiger partial charge in [0.1, 0.15) is 71.0 Å². The number of nitrogens with one attached hydrogen (secondary N) is 4. The maximum atomic E-state index is 14.1. The van der Waals surface area contributed by atoms with Gasteiger partial charge in [0.25, 0.3) is 44.5 Å². The number of imidazole rings is 2. The Morgan fingerprint density at radius 2 is 0.821 bits per heavy atom. The lowest BCUT2D eigenvalue weighted by molar-refractivity contribution is -0.137. The van der Waals surface area contributed by atoms with Crippen molar-refractivity contribution in [1.82, 2.24) is 80.0 Å². The minimum Gasteiger partial charge on any atom is -0.384 e. The summed E-state index contributed by atoms with van der Waals surface area (Å²) < 4.78 is 53.1. The van der Waals surface area contributed by atoms with Crippen LogP contribution in [0.2, 0.25) is 0 Å². The number of pyridine rings is 2. The van der Waals surface area contributed by atoms with E-state index in [0.29, 0.717) is 29.7 Å². The molecular formula is C106H95ClF2N20O15S. The fraction of sp³-hybridized carbons (Fsp3) is 0.283. The van der Waals surface area contributed by atoms with Crippen molar-refractivity contribution in [2.75, 3.05) is 98.2 Å². The quantitative estimate of drug-likeness (QED) is 0.0407. The number of aromatic nitrogens is 8. The normalized spacial score (nSPS) is 19.2. The van der Waals surface area contributed by atoms with Crippen LogP contribution in [0.15, 0.2) is 205 Å². The Balaban J connectivity index is 0.000000131. The molecule has 3 unspecified atom stereocenters. The molecule has 145 heavy (non-hydrogen) atoms. The zero-order chi connectivity index (χ0) is 101. The van der Waals surface area contributed by atoms with Gasteiger partial charge < -0.3 is 30.0 Å². The number of piperazine rings is 2. The Hall–Kier alpha value is -16.4. The predicted molar refractivity (Wildman–Crippen MR) is 529 cm³/mol. The van der Waals surface area contributed by atoms with Gasteiger partial charge in [0, 0.05) is 119 Å². The van der Waals surface area contributed by atoms with Crippen LogP contribution < -0.4 is 40.9 Å². The Morgan fingerprint density at radius 1 is 0.421 bits per heavy atom. The standard InChI is InChI=1S/C41H36FN9O4.C25H26FN7.C17H14N2O4.C16H12N2O5.C7H7ClO2S/c42-28-7-1-6-27(24-28)32-9-4-18-49(32)37-15-14-35-43-25-34(51(35)46-37)31-8-2-10-36(44-31)48-21-19-47(20-22-48)17-3-5-26-11-12-29-30(23-26)41(55)50(40(29)54)33-13-16-38(52)45-39(33)53;26-19-5-1-4-18(16-19)21-7-3-13-32(21)25-10-9-23-28-17-22(33(23)30-25)20-6-2-8-24(29-20)31-14-11-27-12-15-31;1-2-3-4-10-5-6-11-12(9-10)17(23)19(16(11)22)13-7-8-14(20)18-15(13)21;19-7-1-2-9-3-4-10-11(8-9)16(23)18(15(10)22)12-5-6-13(20)17-14(12)21;1-6-2-4-7(5-3-6)11(8,9)10/h1-2,6-8,10-12,14-15,23-25,32-33H,4,9,13,16-22H2,(H,45,52,53);1-2,4-6,8-10,16-17,21,27H,3,7,11-15H2;5-6,9,13H,2,7-8H2,1H3,(H,18,20,21);3-4,8,12,19H,5-7H2,(H,17,20,21);2-5H,1H3/t32-,33?;21-;;;/m11.../s1. The Kier molecular flexibility index (Phi) is 29.4. The van der Waals surface area contributed by atoms with Gasteiger partial charge in [0.15, 0.2) is 11.3 Å². The summed E-state index contributed by atoms with van der Waals surface area (Å²) in [6.45, 7) is 12.6. The van der Waals surface area contributed by atoms with E-state index in [1.807, 2.05) is 95.8 Å².